The second kappa shape index (κ2) is 9.97. The Kier molecular flexibility index (Phi) is 6.82. The van der Waals surface area contributed by atoms with Gasteiger partial charge in [-0.15, -0.1) is 0 Å². The summed E-state index contributed by atoms with van der Waals surface area (Å²) in [5.41, 5.74) is 3.00. The van der Waals surface area contributed by atoms with E-state index in [1.54, 1.807) is 13.8 Å². The van der Waals surface area contributed by atoms with E-state index in [1.807, 2.05) is 74.5 Å². The first kappa shape index (κ1) is 23.9. The Hall–Kier alpha value is -4.20. The van der Waals surface area contributed by atoms with Crippen LogP contribution < -0.4 is 10.6 Å². The van der Waals surface area contributed by atoms with Gasteiger partial charge in [0.1, 0.15) is 34.0 Å². The molecule has 8 heteroatoms. The highest BCUT2D eigenvalue weighted by atomic mass is 16.5. The van der Waals surface area contributed by atoms with Gasteiger partial charge >= 0.3 is 0 Å². The number of hydrogen-bond acceptors (Lipinski definition) is 6. The molecular formula is C27H28N4O4. The normalized spacial score (nSPS) is 11.3. The van der Waals surface area contributed by atoms with E-state index >= 15 is 0 Å². The molecule has 0 fully saturated rings. The summed E-state index contributed by atoms with van der Waals surface area (Å²) >= 11 is 0. The number of hydrogen-bond donors (Lipinski definition) is 2. The first-order valence-electron chi connectivity index (χ1n) is 11.4. The smallest absolute Gasteiger partial charge is 0.257 e. The van der Waals surface area contributed by atoms with Gasteiger partial charge in [0.05, 0.1) is 0 Å². The molecule has 2 heterocycles. The molecule has 35 heavy (non-hydrogen) atoms. The number of benzene rings is 2. The fraction of sp³-hybridized carbons (Fsp3) is 0.259. The lowest BCUT2D eigenvalue weighted by Crippen LogP contribution is -2.42. The molecule has 2 aromatic heterocycles. The summed E-state index contributed by atoms with van der Waals surface area (Å²) < 4.78 is 10.6. The van der Waals surface area contributed by atoms with Gasteiger partial charge in [-0.2, -0.15) is 0 Å². The lowest BCUT2D eigenvalue weighted by Gasteiger charge is -2.25. The SMILES string of the molecule is Cc1onc(-c2ccccc2)c1C(=O)NCC(C)(C)CNC(=O)c1c(-c2ccccc2)noc1C. The number of carbonyl (C=O) groups is 2. The van der Waals surface area contributed by atoms with E-state index < -0.39 is 5.41 Å². The predicted molar refractivity (Wildman–Crippen MR) is 132 cm³/mol. The molecule has 8 nitrogen and oxygen atoms in total. The summed E-state index contributed by atoms with van der Waals surface area (Å²) in [4.78, 5) is 26.0. The summed E-state index contributed by atoms with van der Waals surface area (Å²) in [5.74, 6) is 0.346. The minimum Gasteiger partial charge on any atom is -0.360 e. The van der Waals surface area contributed by atoms with Crippen LogP contribution >= 0.6 is 0 Å². The molecule has 0 aliphatic rings. The second-order valence-corrected chi connectivity index (χ2v) is 9.19. The van der Waals surface area contributed by atoms with Crippen molar-refractivity contribution in [2.45, 2.75) is 27.7 Å². The molecule has 0 aliphatic heterocycles. The van der Waals surface area contributed by atoms with E-state index in [1.165, 1.54) is 0 Å². The van der Waals surface area contributed by atoms with Crippen LogP contribution in [-0.2, 0) is 0 Å². The van der Waals surface area contributed by atoms with Crippen LogP contribution in [0.25, 0.3) is 22.5 Å². The topological polar surface area (TPSA) is 110 Å². The zero-order chi connectivity index (χ0) is 25.0. The van der Waals surface area contributed by atoms with E-state index in [4.69, 9.17) is 9.05 Å². The van der Waals surface area contributed by atoms with Crippen molar-refractivity contribution in [2.75, 3.05) is 13.1 Å². The summed E-state index contributed by atoms with van der Waals surface area (Å²) in [6.07, 6.45) is 0. The number of amides is 2. The fourth-order valence-corrected chi connectivity index (χ4v) is 3.74. The lowest BCUT2D eigenvalue weighted by atomic mass is 9.92. The Morgan fingerprint density at radius 2 is 1.09 bits per heavy atom. The maximum atomic E-state index is 13.0. The molecule has 2 aromatic carbocycles. The number of aryl methyl sites for hydroxylation is 2. The van der Waals surface area contributed by atoms with E-state index in [9.17, 15) is 9.59 Å². The monoisotopic (exact) mass is 472 g/mol. The third-order valence-electron chi connectivity index (χ3n) is 5.73. The predicted octanol–water partition coefficient (Wildman–Crippen LogP) is 4.80. The summed E-state index contributed by atoms with van der Waals surface area (Å²) in [7, 11) is 0. The van der Waals surface area contributed by atoms with Crippen LogP contribution in [0.5, 0.6) is 0 Å². The van der Waals surface area contributed by atoms with Crippen molar-refractivity contribution in [2.24, 2.45) is 5.41 Å². The Morgan fingerprint density at radius 1 is 0.714 bits per heavy atom. The highest BCUT2D eigenvalue weighted by Crippen LogP contribution is 2.26. The number of nitrogens with one attached hydrogen (secondary N) is 2. The van der Waals surface area contributed by atoms with Gasteiger partial charge in [-0.1, -0.05) is 84.8 Å². The Labute approximate surface area is 203 Å². The molecule has 0 aliphatic carbocycles. The van der Waals surface area contributed by atoms with Gasteiger partial charge in [-0.25, -0.2) is 0 Å². The zero-order valence-electron chi connectivity index (χ0n) is 20.2. The standard InChI is InChI=1S/C27H28N4O4/c1-17-21(23(30-34-17)19-11-7-5-8-12-19)25(32)28-15-27(3,4)16-29-26(33)22-18(2)35-31-24(22)20-13-9-6-10-14-20/h5-14H,15-16H2,1-4H3,(H,28,32)(H,29,33). The Balaban J connectivity index is 1.41. The van der Waals surface area contributed by atoms with Crippen molar-refractivity contribution in [3.8, 4) is 22.5 Å². The van der Waals surface area contributed by atoms with E-state index in [0.29, 0.717) is 47.1 Å². The van der Waals surface area contributed by atoms with Gasteiger partial charge in [0.25, 0.3) is 11.8 Å². The second-order valence-electron chi connectivity index (χ2n) is 9.19. The van der Waals surface area contributed by atoms with Gasteiger partial charge in [0, 0.05) is 24.2 Å². The number of rotatable bonds is 8. The van der Waals surface area contributed by atoms with Gasteiger partial charge in [0.15, 0.2) is 0 Å². The highest BCUT2D eigenvalue weighted by Gasteiger charge is 2.27. The minimum absolute atomic E-state index is 0.275. The van der Waals surface area contributed by atoms with Crippen molar-refractivity contribution >= 4 is 11.8 Å². The molecule has 0 spiro atoms. The molecule has 4 rings (SSSR count). The Bertz CT molecular complexity index is 1220. The van der Waals surface area contributed by atoms with Gasteiger partial charge in [0.2, 0.25) is 0 Å². The maximum absolute atomic E-state index is 13.0. The quantitative estimate of drug-likeness (QED) is 0.381. The largest absolute Gasteiger partial charge is 0.360 e. The molecule has 0 saturated carbocycles. The molecule has 2 N–H and O–H groups in total. The lowest BCUT2D eigenvalue weighted by molar-refractivity contribution is 0.0919. The number of nitrogens with zero attached hydrogens (tertiary/aromatic N) is 2. The molecule has 0 atom stereocenters. The molecule has 180 valence electrons. The molecule has 0 unspecified atom stereocenters. The average Bonchev–Trinajstić information content (AvgIpc) is 3.45. The van der Waals surface area contributed by atoms with Crippen molar-refractivity contribution in [3.05, 3.63) is 83.3 Å². The van der Waals surface area contributed by atoms with Gasteiger partial charge in [-0.3, -0.25) is 9.59 Å². The molecule has 0 saturated heterocycles. The summed E-state index contributed by atoms with van der Waals surface area (Å²) in [6.45, 7) is 8.02. The maximum Gasteiger partial charge on any atom is 0.257 e. The fourth-order valence-electron chi connectivity index (χ4n) is 3.74. The minimum atomic E-state index is -0.429. The zero-order valence-corrected chi connectivity index (χ0v) is 20.2. The van der Waals surface area contributed by atoms with Crippen molar-refractivity contribution in [1.29, 1.82) is 0 Å². The van der Waals surface area contributed by atoms with E-state index in [2.05, 4.69) is 20.9 Å². The van der Waals surface area contributed by atoms with E-state index in [-0.39, 0.29) is 11.8 Å². The summed E-state index contributed by atoms with van der Waals surface area (Å²) in [6, 6.07) is 18.8. The van der Waals surface area contributed by atoms with Crippen molar-refractivity contribution < 1.29 is 18.6 Å². The van der Waals surface area contributed by atoms with Crippen LogP contribution in [0.3, 0.4) is 0 Å². The number of aromatic nitrogens is 2. The first-order chi connectivity index (χ1) is 16.8. The van der Waals surface area contributed by atoms with Crippen molar-refractivity contribution in [1.82, 2.24) is 20.9 Å². The van der Waals surface area contributed by atoms with Crippen LogP contribution in [0.1, 0.15) is 46.1 Å². The van der Waals surface area contributed by atoms with Crippen LogP contribution in [-0.4, -0.2) is 35.2 Å². The highest BCUT2D eigenvalue weighted by molar-refractivity contribution is 6.01. The molecule has 2 amide bonds. The van der Waals surface area contributed by atoms with Crippen LogP contribution in [0, 0.1) is 19.3 Å². The van der Waals surface area contributed by atoms with Gasteiger partial charge < -0.3 is 19.7 Å². The molecule has 0 radical (unpaired) electrons. The van der Waals surface area contributed by atoms with Crippen LogP contribution in [0.15, 0.2) is 69.7 Å². The third kappa shape index (κ3) is 5.32. The molecular weight excluding hydrogens is 444 g/mol. The van der Waals surface area contributed by atoms with Crippen molar-refractivity contribution in [3.63, 3.8) is 0 Å². The van der Waals surface area contributed by atoms with Gasteiger partial charge in [-0.05, 0) is 19.3 Å². The Morgan fingerprint density at radius 3 is 1.46 bits per heavy atom. The first-order valence-corrected chi connectivity index (χ1v) is 11.4. The molecule has 0 bridgehead atoms. The average molecular weight is 473 g/mol. The van der Waals surface area contributed by atoms with E-state index in [0.717, 1.165) is 11.1 Å². The van der Waals surface area contributed by atoms with Crippen LogP contribution in [0.4, 0.5) is 0 Å². The third-order valence-corrected chi connectivity index (χ3v) is 5.73. The molecule has 4 aromatic rings. The number of carbonyl (C=O) groups excluding carboxylic acids is 2. The summed E-state index contributed by atoms with van der Waals surface area (Å²) in [5, 5.41) is 14.1. The van der Waals surface area contributed by atoms with Crippen LogP contribution in [0.2, 0.25) is 0 Å².